The second-order valence-corrected chi connectivity index (χ2v) is 5.20. The molecule has 5 nitrogen and oxygen atoms in total. The predicted molar refractivity (Wildman–Crippen MR) is 87.4 cm³/mol. The van der Waals surface area contributed by atoms with Gasteiger partial charge in [0, 0.05) is 5.69 Å². The molecule has 126 valence electrons. The number of rotatable bonds is 6. The number of nitrogens with one attached hydrogen (secondary N) is 1. The van der Waals surface area contributed by atoms with E-state index in [9.17, 15) is 14.0 Å². The third-order valence-electron chi connectivity index (χ3n) is 3.33. The monoisotopic (exact) mass is 331 g/mol. The van der Waals surface area contributed by atoms with Crippen molar-refractivity contribution in [2.24, 2.45) is 0 Å². The molecule has 6 heteroatoms. The molecule has 0 aliphatic rings. The summed E-state index contributed by atoms with van der Waals surface area (Å²) in [5.74, 6) is -0.603. The number of carbonyl (C=O) groups is 2. The Morgan fingerprint density at radius 1 is 1.12 bits per heavy atom. The van der Waals surface area contributed by atoms with Gasteiger partial charge in [0.15, 0.2) is 6.61 Å². The van der Waals surface area contributed by atoms with Gasteiger partial charge < -0.3 is 14.8 Å². The molecule has 0 fully saturated rings. The molecule has 0 heterocycles. The highest BCUT2D eigenvalue weighted by Gasteiger charge is 2.07. The van der Waals surface area contributed by atoms with Gasteiger partial charge >= 0.3 is 5.97 Å². The normalized spacial score (nSPS) is 10.1. The molecule has 2 aromatic carbocycles. The van der Waals surface area contributed by atoms with Crippen molar-refractivity contribution < 1.29 is 23.5 Å². The first kappa shape index (κ1) is 17.5. The van der Waals surface area contributed by atoms with Crippen LogP contribution in [-0.4, -0.2) is 25.6 Å². The largest absolute Gasteiger partial charge is 0.484 e. The van der Waals surface area contributed by atoms with Gasteiger partial charge in [0.1, 0.15) is 11.6 Å². The maximum absolute atomic E-state index is 13.4. The van der Waals surface area contributed by atoms with Crippen LogP contribution in [0.3, 0.4) is 0 Å². The fourth-order valence-electron chi connectivity index (χ4n) is 1.96. The predicted octanol–water partition coefficient (Wildman–Crippen LogP) is 2.87. The highest BCUT2D eigenvalue weighted by atomic mass is 19.1. The fourth-order valence-corrected chi connectivity index (χ4v) is 1.96. The van der Waals surface area contributed by atoms with Crippen molar-refractivity contribution in [1.29, 1.82) is 0 Å². The second-order valence-electron chi connectivity index (χ2n) is 5.20. The third kappa shape index (κ3) is 5.08. The standard InChI is InChI=1S/C18H18FNO4/c1-12-3-6-14(10-16(12)19)20-17(21)11-24-15-7-4-13(5-8-15)9-18(22)23-2/h3-8,10H,9,11H2,1-2H3,(H,20,21). The first-order chi connectivity index (χ1) is 11.5. The van der Waals surface area contributed by atoms with Crippen LogP contribution in [0, 0.1) is 12.7 Å². The lowest BCUT2D eigenvalue weighted by molar-refractivity contribution is -0.139. The van der Waals surface area contributed by atoms with Gasteiger partial charge in [-0.05, 0) is 42.3 Å². The molecule has 0 aromatic heterocycles. The van der Waals surface area contributed by atoms with E-state index in [1.165, 1.54) is 13.2 Å². The minimum absolute atomic E-state index is 0.177. The zero-order chi connectivity index (χ0) is 17.5. The lowest BCUT2D eigenvalue weighted by Crippen LogP contribution is -2.20. The quantitative estimate of drug-likeness (QED) is 0.827. The molecule has 0 aliphatic carbocycles. The van der Waals surface area contributed by atoms with E-state index in [4.69, 9.17) is 4.74 Å². The number of anilines is 1. The summed E-state index contributed by atoms with van der Waals surface area (Å²) in [6.07, 6.45) is 0.177. The highest BCUT2D eigenvalue weighted by Crippen LogP contribution is 2.15. The average molecular weight is 331 g/mol. The summed E-state index contributed by atoms with van der Waals surface area (Å²) in [6.45, 7) is 1.44. The van der Waals surface area contributed by atoms with Gasteiger partial charge in [0.25, 0.3) is 5.91 Å². The lowest BCUT2D eigenvalue weighted by Gasteiger charge is -2.09. The number of amides is 1. The molecular weight excluding hydrogens is 313 g/mol. The molecule has 1 amide bonds. The molecule has 0 saturated carbocycles. The van der Waals surface area contributed by atoms with Crippen molar-refractivity contribution in [1.82, 2.24) is 0 Å². The van der Waals surface area contributed by atoms with Gasteiger partial charge in [-0.25, -0.2) is 4.39 Å². The van der Waals surface area contributed by atoms with Gasteiger partial charge in [-0.3, -0.25) is 9.59 Å². The number of aryl methyl sites for hydroxylation is 1. The molecule has 24 heavy (non-hydrogen) atoms. The second kappa shape index (κ2) is 8.10. The first-order valence-electron chi connectivity index (χ1n) is 7.32. The topological polar surface area (TPSA) is 64.6 Å². The molecule has 2 aromatic rings. The average Bonchev–Trinajstić information content (AvgIpc) is 2.57. The van der Waals surface area contributed by atoms with Crippen LogP contribution in [0.25, 0.3) is 0 Å². The van der Waals surface area contributed by atoms with Crippen LogP contribution < -0.4 is 10.1 Å². The van der Waals surface area contributed by atoms with Crippen LogP contribution in [0.1, 0.15) is 11.1 Å². The highest BCUT2D eigenvalue weighted by molar-refractivity contribution is 5.91. The van der Waals surface area contributed by atoms with E-state index >= 15 is 0 Å². The fraction of sp³-hybridized carbons (Fsp3) is 0.222. The maximum Gasteiger partial charge on any atom is 0.309 e. The third-order valence-corrected chi connectivity index (χ3v) is 3.33. The molecule has 0 radical (unpaired) electrons. The van der Waals surface area contributed by atoms with E-state index in [1.54, 1.807) is 43.3 Å². The van der Waals surface area contributed by atoms with E-state index in [0.717, 1.165) is 5.56 Å². The minimum atomic E-state index is -0.392. The first-order valence-corrected chi connectivity index (χ1v) is 7.32. The summed E-state index contributed by atoms with van der Waals surface area (Å²) in [4.78, 5) is 23.0. The van der Waals surface area contributed by atoms with Crippen molar-refractivity contribution in [3.63, 3.8) is 0 Å². The Morgan fingerprint density at radius 3 is 2.46 bits per heavy atom. The summed E-state index contributed by atoms with van der Waals surface area (Å²) < 4.78 is 23.4. The van der Waals surface area contributed by atoms with Crippen molar-refractivity contribution >= 4 is 17.6 Å². The summed E-state index contributed by atoms with van der Waals surface area (Å²) in [5, 5.41) is 2.56. The Kier molecular flexibility index (Phi) is 5.89. The molecular formula is C18H18FNO4. The zero-order valence-corrected chi connectivity index (χ0v) is 13.5. The Balaban J connectivity index is 1.85. The van der Waals surface area contributed by atoms with Crippen LogP contribution in [0.5, 0.6) is 5.75 Å². The van der Waals surface area contributed by atoms with Crippen LogP contribution in [0.2, 0.25) is 0 Å². The number of hydrogen-bond acceptors (Lipinski definition) is 4. The van der Waals surface area contributed by atoms with Crippen molar-refractivity contribution in [3.05, 3.63) is 59.4 Å². The summed E-state index contributed by atoms with van der Waals surface area (Å²) in [6, 6.07) is 11.2. The Labute approximate surface area is 139 Å². The maximum atomic E-state index is 13.4. The number of carbonyl (C=O) groups excluding carboxylic acids is 2. The molecule has 0 atom stereocenters. The van der Waals surface area contributed by atoms with Gasteiger partial charge in [-0.2, -0.15) is 0 Å². The Hall–Kier alpha value is -2.89. The number of ether oxygens (including phenoxy) is 2. The number of halogens is 1. The SMILES string of the molecule is COC(=O)Cc1ccc(OCC(=O)Nc2ccc(C)c(F)c2)cc1. The van der Waals surface area contributed by atoms with E-state index in [1.807, 2.05) is 0 Å². The van der Waals surface area contributed by atoms with Crippen molar-refractivity contribution in [3.8, 4) is 5.75 Å². The molecule has 1 N–H and O–H groups in total. The molecule has 0 bridgehead atoms. The summed E-state index contributed by atoms with van der Waals surface area (Å²) in [5.41, 5.74) is 1.67. The lowest BCUT2D eigenvalue weighted by atomic mass is 10.1. The van der Waals surface area contributed by atoms with E-state index in [-0.39, 0.29) is 24.8 Å². The molecule has 0 unspecified atom stereocenters. The smallest absolute Gasteiger partial charge is 0.309 e. The summed E-state index contributed by atoms with van der Waals surface area (Å²) in [7, 11) is 1.33. The van der Waals surface area contributed by atoms with Gasteiger partial charge in [-0.15, -0.1) is 0 Å². The van der Waals surface area contributed by atoms with Crippen LogP contribution >= 0.6 is 0 Å². The Morgan fingerprint density at radius 2 is 1.83 bits per heavy atom. The van der Waals surface area contributed by atoms with Gasteiger partial charge in [0.05, 0.1) is 13.5 Å². The molecule has 0 spiro atoms. The molecule has 2 rings (SSSR count). The van der Waals surface area contributed by atoms with E-state index in [0.29, 0.717) is 17.0 Å². The van der Waals surface area contributed by atoms with Gasteiger partial charge in [0.2, 0.25) is 0 Å². The minimum Gasteiger partial charge on any atom is -0.484 e. The number of methoxy groups -OCH3 is 1. The number of hydrogen-bond donors (Lipinski definition) is 1. The zero-order valence-electron chi connectivity index (χ0n) is 13.5. The van der Waals surface area contributed by atoms with Crippen LogP contribution in [0.15, 0.2) is 42.5 Å². The number of benzene rings is 2. The number of esters is 1. The molecule has 0 saturated heterocycles. The van der Waals surface area contributed by atoms with Crippen molar-refractivity contribution in [2.75, 3.05) is 19.0 Å². The Bertz CT molecular complexity index is 728. The van der Waals surface area contributed by atoms with Crippen LogP contribution in [0.4, 0.5) is 10.1 Å². The summed E-state index contributed by atoms with van der Waals surface area (Å²) >= 11 is 0. The molecule has 0 aliphatic heterocycles. The van der Waals surface area contributed by atoms with E-state index in [2.05, 4.69) is 10.1 Å². The van der Waals surface area contributed by atoms with Gasteiger partial charge in [-0.1, -0.05) is 18.2 Å². The van der Waals surface area contributed by atoms with Crippen LogP contribution in [-0.2, 0) is 20.7 Å². The van der Waals surface area contributed by atoms with E-state index < -0.39 is 5.91 Å². The van der Waals surface area contributed by atoms with Crippen molar-refractivity contribution in [2.45, 2.75) is 13.3 Å².